The summed E-state index contributed by atoms with van der Waals surface area (Å²) >= 11 is 0. The molecule has 1 spiro atoms. The zero-order valence-corrected chi connectivity index (χ0v) is 13.5. The number of ether oxygens (including phenoxy) is 2. The highest BCUT2D eigenvalue weighted by Gasteiger charge is 2.46. The summed E-state index contributed by atoms with van der Waals surface area (Å²) in [6, 6.07) is 5.85. The third-order valence-electron chi connectivity index (χ3n) is 4.41. The Morgan fingerprint density at radius 1 is 1.32 bits per heavy atom. The molecule has 0 aliphatic carbocycles. The van der Waals surface area contributed by atoms with E-state index in [0.717, 1.165) is 31.7 Å². The Bertz CT molecular complexity index is 586. The fourth-order valence-electron chi connectivity index (χ4n) is 3.36. The van der Waals surface area contributed by atoms with Gasteiger partial charge in [0.15, 0.2) is 0 Å². The maximum Gasteiger partial charge on any atom is 0.414 e. The predicted molar refractivity (Wildman–Crippen MR) is 86.2 cm³/mol. The van der Waals surface area contributed by atoms with Crippen LogP contribution in [0.2, 0.25) is 0 Å². The standard InChI is InChI=1S/C17H24N2O3/c1-16(2,3)22-15(20)19-11-17(6-8-21-9-7-17)13-5-4-12(18)10-14(13)19/h4-5,10H,6-9,11,18H2,1-3H3. The second kappa shape index (κ2) is 5.16. The topological polar surface area (TPSA) is 64.8 Å². The van der Waals surface area contributed by atoms with E-state index in [2.05, 4.69) is 6.07 Å². The molecule has 0 radical (unpaired) electrons. The summed E-state index contributed by atoms with van der Waals surface area (Å²) in [5.41, 5.74) is 8.13. The van der Waals surface area contributed by atoms with Crippen molar-refractivity contribution in [1.82, 2.24) is 0 Å². The SMILES string of the molecule is CC(C)(C)OC(=O)N1CC2(CCOCC2)c2ccc(N)cc21. The van der Waals surface area contributed by atoms with Gasteiger partial charge in [0.1, 0.15) is 5.60 Å². The van der Waals surface area contributed by atoms with Crippen molar-refractivity contribution in [2.24, 2.45) is 0 Å². The Kier molecular flexibility index (Phi) is 3.56. The van der Waals surface area contributed by atoms with Crippen LogP contribution in [0.3, 0.4) is 0 Å². The van der Waals surface area contributed by atoms with Gasteiger partial charge in [-0.25, -0.2) is 4.79 Å². The van der Waals surface area contributed by atoms with Crippen molar-refractivity contribution in [3.05, 3.63) is 23.8 Å². The number of fused-ring (bicyclic) bond motifs is 2. The first-order chi connectivity index (χ1) is 10.3. The van der Waals surface area contributed by atoms with Gasteiger partial charge in [-0.3, -0.25) is 4.90 Å². The highest BCUT2D eigenvalue weighted by Crippen LogP contribution is 2.47. The van der Waals surface area contributed by atoms with Gasteiger partial charge in [0.05, 0.1) is 5.69 Å². The normalized spacial score (nSPS) is 20.0. The van der Waals surface area contributed by atoms with Crippen molar-refractivity contribution in [2.75, 3.05) is 30.4 Å². The van der Waals surface area contributed by atoms with Crippen LogP contribution in [0, 0.1) is 0 Å². The zero-order chi connectivity index (χ0) is 16.0. The van der Waals surface area contributed by atoms with Gasteiger partial charge < -0.3 is 15.2 Å². The minimum atomic E-state index is -0.511. The van der Waals surface area contributed by atoms with Crippen LogP contribution in [-0.2, 0) is 14.9 Å². The van der Waals surface area contributed by atoms with Gasteiger partial charge >= 0.3 is 6.09 Å². The number of nitrogen functional groups attached to an aromatic ring is 1. The van der Waals surface area contributed by atoms with Gasteiger partial charge in [-0.15, -0.1) is 0 Å². The van der Waals surface area contributed by atoms with E-state index in [9.17, 15) is 4.79 Å². The molecule has 2 heterocycles. The molecule has 2 aliphatic rings. The summed E-state index contributed by atoms with van der Waals surface area (Å²) < 4.78 is 11.1. The van der Waals surface area contributed by atoms with Crippen molar-refractivity contribution < 1.29 is 14.3 Å². The van der Waals surface area contributed by atoms with E-state index in [0.29, 0.717) is 12.2 Å². The van der Waals surface area contributed by atoms with Crippen LogP contribution in [0.5, 0.6) is 0 Å². The zero-order valence-electron chi connectivity index (χ0n) is 13.5. The van der Waals surface area contributed by atoms with Gasteiger partial charge in [-0.1, -0.05) is 6.07 Å². The van der Waals surface area contributed by atoms with E-state index in [4.69, 9.17) is 15.2 Å². The first-order valence-electron chi connectivity index (χ1n) is 7.79. The molecule has 1 aromatic rings. The molecule has 0 unspecified atom stereocenters. The third-order valence-corrected chi connectivity index (χ3v) is 4.41. The number of rotatable bonds is 0. The van der Waals surface area contributed by atoms with Gasteiger partial charge in [-0.2, -0.15) is 0 Å². The van der Waals surface area contributed by atoms with Crippen molar-refractivity contribution in [1.29, 1.82) is 0 Å². The van der Waals surface area contributed by atoms with Crippen LogP contribution in [0.15, 0.2) is 18.2 Å². The molecule has 2 aliphatic heterocycles. The minimum Gasteiger partial charge on any atom is -0.443 e. The van der Waals surface area contributed by atoms with Crippen LogP contribution in [0.4, 0.5) is 16.2 Å². The van der Waals surface area contributed by atoms with Crippen LogP contribution in [-0.4, -0.2) is 31.5 Å². The van der Waals surface area contributed by atoms with E-state index in [1.807, 2.05) is 32.9 Å². The lowest BCUT2D eigenvalue weighted by molar-refractivity contribution is 0.0473. The molecule has 0 atom stereocenters. The molecule has 1 amide bonds. The number of benzene rings is 1. The number of carbonyl (C=O) groups is 1. The Hall–Kier alpha value is -1.75. The minimum absolute atomic E-state index is 0.0296. The number of amides is 1. The lowest BCUT2D eigenvalue weighted by atomic mass is 9.76. The van der Waals surface area contributed by atoms with Gasteiger partial charge in [0.25, 0.3) is 0 Å². The number of hydrogen-bond acceptors (Lipinski definition) is 4. The van der Waals surface area contributed by atoms with Crippen LogP contribution in [0.1, 0.15) is 39.2 Å². The Morgan fingerprint density at radius 3 is 2.64 bits per heavy atom. The lowest BCUT2D eigenvalue weighted by Gasteiger charge is -2.34. The van der Waals surface area contributed by atoms with Crippen molar-refractivity contribution in [3.8, 4) is 0 Å². The first kappa shape index (κ1) is 15.2. The molecule has 1 fully saturated rings. The van der Waals surface area contributed by atoms with Crippen LogP contribution < -0.4 is 10.6 Å². The summed E-state index contributed by atoms with van der Waals surface area (Å²) in [6.07, 6.45) is 1.54. The third kappa shape index (κ3) is 2.65. The first-order valence-corrected chi connectivity index (χ1v) is 7.79. The van der Waals surface area contributed by atoms with Crippen molar-refractivity contribution >= 4 is 17.5 Å². The molecule has 22 heavy (non-hydrogen) atoms. The molecule has 5 heteroatoms. The van der Waals surface area contributed by atoms with E-state index in [1.165, 1.54) is 5.56 Å². The molecule has 1 aromatic carbocycles. The molecular weight excluding hydrogens is 280 g/mol. The molecule has 1 saturated heterocycles. The Labute approximate surface area is 131 Å². The van der Waals surface area contributed by atoms with Gasteiger partial charge in [0.2, 0.25) is 0 Å². The Balaban J connectivity index is 1.97. The van der Waals surface area contributed by atoms with E-state index < -0.39 is 5.60 Å². The molecule has 5 nitrogen and oxygen atoms in total. The molecule has 120 valence electrons. The number of nitrogens with two attached hydrogens (primary N) is 1. The predicted octanol–water partition coefficient (Wildman–Crippen LogP) is 3.07. The van der Waals surface area contributed by atoms with E-state index in [-0.39, 0.29) is 11.5 Å². The lowest BCUT2D eigenvalue weighted by Crippen LogP contribution is -2.42. The quantitative estimate of drug-likeness (QED) is 0.748. The number of carbonyl (C=O) groups excluding carboxylic acids is 1. The van der Waals surface area contributed by atoms with Gasteiger partial charge in [-0.05, 0) is 51.3 Å². The largest absolute Gasteiger partial charge is 0.443 e. The molecule has 3 rings (SSSR count). The molecule has 0 bridgehead atoms. The van der Waals surface area contributed by atoms with Crippen molar-refractivity contribution in [2.45, 2.75) is 44.6 Å². The fraction of sp³-hybridized carbons (Fsp3) is 0.588. The van der Waals surface area contributed by atoms with Gasteiger partial charge in [0, 0.05) is 30.9 Å². The second-order valence-corrected chi connectivity index (χ2v) is 7.24. The number of nitrogens with zero attached hydrogens (tertiary/aromatic N) is 1. The van der Waals surface area contributed by atoms with E-state index >= 15 is 0 Å². The number of anilines is 2. The molecule has 0 aromatic heterocycles. The summed E-state index contributed by atoms with van der Waals surface area (Å²) in [6.45, 7) is 7.74. The molecule has 2 N–H and O–H groups in total. The maximum absolute atomic E-state index is 12.6. The number of hydrogen-bond donors (Lipinski definition) is 1. The summed E-state index contributed by atoms with van der Waals surface area (Å²) in [7, 11) is 0. The fourth-order valence-corrected chi connectivity index (χ4v) is 3.36. The highest BCUT2D eigenvalue weighted by molar-refractivity contribution is 5.92. The molecule has 0 saturated carbocycles. The smallest absolute Gasteiger partial charge is 0.414 e. The van der Waals surface area contributed by atoms with Crippen LogP contribution >= 0.6 is 0 Å². The summed E-state index contributed by atoms with van der Waals surface area (Å²) in [5.74, 6) is 0. The average molecular weight is 304 g/mol. The monoisotopic (exact) mass is 304 g/mol. The van der Waals surface area contributed by atoms with E-state index in [1.54, 1.807) is 4.90 Å². The summed E-state index contributed by atoms with van der Waals surface area (Å²) in [4.78, 5) is 14.3. The second-order valence-electron chi connectivity index (χ2n) is 7.24. The molecular formula is C17H24N2O3. The Morgan fingerprint density at radius 2 is 2.00 bits per heavy atom. The van der Waals surface area contributed by atoms with Crippen molar-refractivity contribution in [3.63, 3.8) is 0 Å². The highest BCUT2D eigenvalue weighted by atomic mass is 16.6. The summed E-state index contributed by atoms with van der Waals surface area (Å²) in [5, 5.41) is 0. The average Bonchev–Trinajstić information content (AvgIpc) is 2.72. The maximum atomic E-state index is 12.6. The van der Waals surface area contributed by atoms with Crippen LogP contribution in [0.25, 0.3) is 0 Å².